The van der Waals surface area contributed by atoms with Gasteiger partial charge in [0.2, 0.25) is 10.0 Å². The van der Waals surface area contributed by atoms with Crippen molar-refractivity contribution in [2.45, 2.75) is 51.0 Å². The van der Waals surface area contributed by atoms with Crippen molar-refractivity contribution in [2.75, 3.05) is 26.3 Å². The number of hydrogen-bond donors (Lipinski definition) is 1. The number of sulfonamides is 1. The molecule has 0 aromatic heterocycles. The summed E-state index contributed by atoms with van der Waals surface area (Å²) in [6.45, 7) is 6.68. The van der Waals surface area contributed by atoms with E-state index in [0.29, 0.717) is 44.7 Å². The zero-order valence-electron chi connectivity index (χ0n) is 17.2. The molecule has 0 unspecified atom stereocenters. The number of piperidine rings is 1. The van der Waals surface area contributed by atoms with Gasteiger partial charge in [0, 0.05) is 19.1 Å². The van der Waals surface area contributed by atoms with E-state index in [0.717, 1.165) is 0 Å². The van der Waals surface area contributed by atoms with Gasteiger partial charge in [0.15, 0.2) is 6.61 Å². The van der Waals surface area contributed by atoms with Crippen molar-refractivity contribution in [1.29, 1.82) is 0 Å². The molecule has 1 aliphatic rings. The smallest absolute Gasteiger partial charge is 0.309 e. The largest absolute Gasteiger partial charge is 0.484 e. The van der Waals surface area contributed by atoms with E-state index in [1.807, 2.05) is 6.92 Å². The maximum atomic E-state index is 12.3. The molecule has 29 heavy (non-hydrogen) atoms. The van der Waals surface area contributed by atoms with Gasteiger partial charge < -0.3 is 14.4 Å². The van der Waals surface area contributed by atoms with Crippen molar-refractivity contribution in [3.05, 3.63) is 24.3 Å². The molecule has 1 aromatic carbocycles. The van der Waals surface area contributed by atoms with Gasteiger partial charge in [-0.25, -0.2) is 13.1 Å². The molecule has 0 spiro atoms. The first-order valence-corrected chi connectivity index (χ1v) is 11.4. The molecule has 8 nitrogen and oxygen atoms in total. The van der Waals surface area contributed by atoms with Gasteiger partial charge in [-0.1, -0.05) is 6.92 Å². The third kappa shape index (κ3) is 6.71. The van der Waals surface area contributed by atoms with Gasteiger partial charge in [0.1, 0.15) is 5.75 Å². The highest BCUT2D eigenvalue weighted by Crippen LogP contribution is 2.20. The number of hydrogen-bond acceptors (Lipinski definition) is 6. The summed E-state index contributed by atoms with van der Waals surface area (Å²) in [5.41, 5.74) is 0. The maximum Gasteiger partial charge on any atom is 0.309 e. The van der Waals surface area contributed by atoms with E-state index in [2.05, 4.69) is 4.72 Å². The number of nitrogens with zero attached hydrogens (tertiary/aromatic N) is 1. The fourth-order valence-corrected chi connectivity index (χ4v) is 4.32. The van der Waals surface area contributed by atoms with Crippen LogP contribution < -0.4 is 9.46 Å². The highest BCUT2D eigenvalue weighted by atomic mass is 32.2. The average molecular weight is 427 g/mol. The van der Waals surface area contributed by atoms with Gasteiger partial charge >= 0.3 is 5.97 Å². The third-order valence-corrected chi connectivity index (χ3v) is 6.54. The monoisotopic (exact) mass is 426 g/mol. The molecule has 162 valence electrons. The second-order valence-electron chi connectivity index (χ2n) is 7.10. The molecule has 1 fully saturated rings. The van der Waals surface area contributed by atoms with Gasteiger partial charge in [-0.15, -0.1) is 0 Å². The van der Waals surface area contributed by atoms with Gasteiger partial charge in [0.05, 0.1) is 17.4 Å². The zero-order valence-corrected chi connectivity index (χ0v) is 18.0. The summed E-state index contributed by atoms with van der Waals surface area (Å²) in [5.74, 6) is -0.100. The van der Waals surface area contributed by atoms with Crippen LogP contribution in [-0.4, -0.2) is 57.5 Å². The lowest BCUT2D eigenvalue weighted by Gasteiger charge is -2.30. The fraction of sp³-hybridized carbons (Fsp3) is 0.600. The van der Waals surface area contributed by atoms with Crippen molar-refractivity contribution < 1.29 is 27.5 Å². The Labute approximate surface area is 172 Å². The Morgan fingerprint density at radius 3 is 2.34 bits per heavy atom. The minimum Gasteiger partial charge on any atom is -0.484 e. The van der Waals surface area contributed by atoms with Crippen LogP contribution in [0, 0.1) is 5.92 Å². The molecule has 1 heterocycles. The summed E-state index contributed by atoms with van der Waals surface area (Å²) >= 11 is 0. The molecule has 1 aromatic rings. The molecule has 0 aliphatic carbocycles. The van der Waals surface area contributed by atoms with Crippen molar-refractivity contribution in [1.82, 2.24) is 9.62 Å². The van der Waals surface area contributed by atoms with E-state index in [4.69, 9.17) is 9.47 Å². The number of nitrogens with one attached hydrogen (secondary N) is 1. The first-order valence-electron chi connectivity index (χ1n) is 9.96. The lowest BCUT2D eigenvalue weighted by molar-refractivity contribution is -0.151. The third-order valence-electron chi connectivity index (χ3n) is 4.93. The molecule has 9 heteroatoms. The number of amides is 1. The molecule has 1 saturated heterocycles. The Bertz CT molecular complexity index is 786. The van der Waals surface area contributed by atoms with E-state index >= 15 is 0 Å². The zero-order chi connectivity index (χ0) is 21.4. The standard InChI is InChI=1S/C20H30N2O6S/c1-4-15(3)21-29(25,26)18-8-6-17(7-9-18)28-14-19(23)22-12-10-16(11-13-22)20(24)27-5-2/h6-9,15-16,21H,4-5,10-14H2,1-3H3/t15-/m0/s1. The molecule has 0 saturated carbocycles. The predicted octanol–water partition coefficient (Wildman–Crippen LogP) is 1.94. The van der Waals surface area contributed by atoms with E-state index < -0.39 is 10.0 Å². The van der Waals surface area contributed by atoms with Crippen LogP contribution in [0.2, 0.25) is 0 Å². The van der Waals surface area contributed by atoms with Crippen LogP contribution in [0.15, 0.2) is 29.2 Å². The first-order chi connectivity index (χ1) is 13.8. The molecular weight excluding hydrogens is 396 g/mol. The maximum absolute atomic E-state index is 12.3. The first kappa shape index (κ1) is 23.2. The molecule has 1 N–H and O–H groups in total. The van der Waals surface area contributed by atoms with E-state index in [1.54, 1.807) is 18.7 Å². The molecular formula is C20H30N2O6S. The number of esters is 1. The van der Waals surface area contributed by atoms with Crippen LogP contribution in [0.1, 0.15) is 40.0 Å². The quantitative estimate of drug-likeness (QED) is 0.606. The highest BCUT2D eigenvalue weighted by Gasteiger charge is 2.28. The average Bonchev–Trinajstić information content (AvgIpc) is 2.72. The second kappa shape index (κ2) is 10.6. The van der Waals surface area contributed by atoms with Crippen LogP contribution in [0.4, 0.5) is 0 Å². The van der Waals surface area contributed by atoms with Crippen molar-refractivity contribution in [2.24, 2.45) is 5.92 Å². The SMILES string of the molecule is CCOC(=O)C1CCN(C(=O)COc2ccc(S(=O)(=O)N[C@@H](C)CC)cc2)CC1. The Balaban J connectivity index is 1.83. The summed E-state index contributed by atoms with van der Waals surface area (Å²) in [7, 11) is -3.57. The molecule has 1 aliphatic heterocycles. The number of carbonyl (C=O) groups is 2. The molecule has 0 bridgehead atoms. The van der Waals surface area contributed by atoms with Crippen molar-refractivity contribution in [3.63, 3.8) is 0 Å². The molecule has 0 radical (unpaired) electrons. The van der Waals surface area contributed by atoms with E-state index in [-0.39, 0.29) is 35.3 Å². The highest BCUT2D eigenvalue weighted by molar-refractivity contribution is 7.89. The van der Waals surface area contributed by atoms with Crippen LogP contribution in [0.5, 0.6) is 5.75 Å². The normalized spacial score (nSPS) is 16.3. The predicted molar refractivity (Wildman–Crippen MR) is 108 cm³/mol. The van der Waals surface area contributed by atoms with Gasteiger partial charge in [-0.2, -0.15) is 0 Å². The van der Waals surface area contributed by atoms with Gasteiger partial charge in [-0.3, -0.25) is 9.59 Å². The number of rotatable bonds is 9. The Morgan fingerprint density at radius 1 is 1.17 bits per heavy atom. The lowest BCUT2D eigenvalue weighted by Crippen LogP contribution is -2.42. The minimum absolute atomic E-state index is 0.138. The summed E-state index contributed by atoms with van der Waals surface area (Å²) in [5, 5.41) is 0. The molecule has 2 rings (SSSR count). The fourth-order valence-electron chi connectivity index (χ4n) is 2.99. The number of carbonyl (C=O) groups excluding carboxylic acids is 2. The topological polar surface area (TPSA) is 102 Å². The summed E-state index contributed by atoms with van der Waals surface area (Å²) < 4.78 is 37.6. The van der Waals surface area contributed by atoms with Crippen molar-refractivity contribution in [3.8, 4) is 5.75 Å². The summed E-state index contributed by atoms with van der Waals surface area (Å²) in [6, 6.07) is 5.82. The van der Waals surface area contributed by atoms with Crippen LogP contribution >= 0.6 is 0 Å². The van der Waals surface area contributed by atoms with E-state index in [1.165, 1.54) is 24.3 Å². The Kier molecular flexibility index (Phi) is 8.45. The second-order valence-corrected chi connectivity index (χ2v) is 8.81. The van der Waals surface area contributed by atoms with Gasteiger partial charge in [0.25, 0.3) is 5.91 Å². The van der Waals surface area contributed by atoms with E-state index in [9.17, 15) is 18.0 Å². The van der Waals surface area contributed by atoms with Crippen LogP contribution in [0.3, 0.4) is 0 Å². The van der Waals surface area contributed by atoms with Gasteiger partial charge in [-0.05, 0) is 57.4 Å². The Morgan fingerprint density at radius 2 is 1.79 bits per heavy atom. The minimum atomic E-state index is -3.57. The number of ether oxygens (including phenoxy) is 2. The van der Waals surface area contributed by atoms with Crippen LogP contribution in [-0.2, 0) is 24.3 Å². The van der Waals surface area contributed by atoms with Crippen LogP contribution in [0.25, 0.3) is 0 Å². The Hall–Kier alpha value is -2.13. The number of likely N-dealkylation sites (tertiary alicyclic amines) is 1. The molecule has 1 amide bonds. The number of benzene rings is 1. The lowest BCUT2D eigenvalue weighted by atomic mass is 9.97. The molecule has 1 atom stereocenters. The summed E-state index contributed by atoms with van der Waals surface area (Å²) in [4.78, 5) is 25.9. The van der Waals surface area contributed by atoms with Crippen molar-refractivity contribution >= 4 is 21.9 Å². The summed E-state index contributed by atoms with van der Waals surface area (Å²) in [6.07, 6.45) is 1.86.